The van der Waals surface area contributed by atoms with E-state index in [2.05, 4.69) is 103 Å². The van der Waals surface area contributed by atoms with Crippen LogP contribution in [0.3, 0.4) is 0 Å². The molecule has 0 N–H and O–H groups in total. The molecular formula is C24H18. The minimum absolute atomic E-state index is 1.21. The summed E-state index contributed by atoms with van der Waals surface area (Å²) in [5, 5.41) is 2.57. The van der Waals surface area contributed by atoms with E-state index < -0.39 is 0 Å². The molecule has 0 radical (unpaired) electrons. The van der Waals surface area contributed by atoms with E-state index in [1.54, 1.807) is 0 Å². The SMILES string of the molecule is C(=Cc1cccc2ccccc12)c1ccc(-c2ccccc2)cc1. The molecule has 0 unspecified atom stereocenters. The summed E-state index contributed by atoms with van der Waals surface area (Å²) < 4.78 is 0. The van der Waals surface area contributed by atoms with Crippen molar-refractivity contribution in [1.29, 1.82) is 0 Å². The average Bonchev–Trinajstić information content (AvgIpc) is 2.67. The molecule has 0 aromatic heterocycles. The van der Waals surface area contributed by atoms with Crippen LogP contribution in [0.25, 0.3) is 34.1 Å². The molecule has 0 aliphatic heterocycles. The smallest absolute Gasteiger partial charge is 0.0111 e. The molecule has 24 heavy (non-hydrogen) atoms. The number of fused-ring (bicyclic) bond motifs is 1. The van der Waals surface area contributed by atoms with Gasteiger partial charge in [-0.15, -0.1) is 0 Å². The van der Waals surface area contributed by atoms with Crippen molar-refractivity contribution in [2.75, 3.05) is 0 Å². The normalized spacial score (nSPS) is 11.2. The van der Waals surface area contributed by atoms with E-state index in [-0.39, 0.29) is 0 Å². The monoisotopic (exact) mass is 306 g/mol. The summed E-state index contributed by atoms with van der Waals surface area (Å²) in [5.41, 5.74) is 4.96. The Balaban J connectivity index is 1.62. The van der Waals surface area contributed by atoms with Crippen LogP contribution in [0.15, 0.2) is 97.1 Å². The van der Waals surface area contributed by atoms with Gasteiger partial charge in [0.2, 0.25) is 0 Å². The lowest BCUT2D eigenvalue weighted by Gasteiger charge is -2.03. The summed E-state index contributed by atoms with van der Waals surface area (Å²) in [6, 6.07) is 34.1. The molecule has 0 heteroatoms. The summed E-state index contributed by atoms with van der Waals surface area (Å²) in [6.07, 6.45) is 4.37. The molecule has 0 bridgehead atoms. The first kappa shape index (κ1) is 14.5. The molecule has 0 atom stereocenters. The van der Waals surface area contributed by atoms with Crippen LogP contribution in [0.5, 0.6) is 0 Å². The third-order valence-corrected chi connectivity index (χ3v) is 4.30. The lowest BCUT2D eigenvalue weighted by Crippen LogP contribution is -1.79. The maximum Gasteiger partial charge on any atom is -0.0111 e. The highest BCUT2D eigenvalue weighted by Gasteiger charge is 1.98. The van der Waals surface area contributed by atoms with E-state index in [9.17, 15) is 0 Å². The Morgan fingerprint density at radius 2 is 1.12 bits per heavy atom. The highest BCUT2D eigenvalue weighted by molar-refractivity contribution is 5.92. The summed E-state index contributed by atoms with van der Waals surface area (Å²) >= 11 is 0. The Morgan fingerprint density at radius 3 is 1.96 bits per heavy atom. The van der Waals surface area contributed by atoms with Crippen LogP contribution in [-0.2, 0) is 0 Å². The predicted octanol–water partition coefficient (Wildman–Crippen LogP) is 6.68. The molecule has 0 saturated heterocycles. The third kappa shape index (κ3) is 3.00. The van der Waals surface area contributed by atoms with E-state index in [0.29, 0.717) is 0 Å². The van der Waals surface area contributed by atoms with Gasteiger partial charge >= 0.3 is 0 Å². The summed E-state index contributed by atoms with van der Waals surface area (Å²) in [5.74, 6) is 0. The minimum atomic E-state index is 1.21. The zero-order chi connectivity index (χ0) is 16.2. The Bertz CT molecular complexity index is 972. The largest absolute Gasteiger partial charge is 0.0622 e. The van der Waals surface area contributed by atoms with Crippen LogP contribution in [-0.4, -0.2) is 0 Å². The topological polar surface area (TPSA) is 0 Å². The van der Waals surface area contributed by atoms with Crippen molar-refractivity contribution in [1.82, 2.24) is 0 Å². The van der Waals surface area contributed by atoms with E-state index in [4.69, 9.17) is 0 Å². The van der Waals surface area contributed by atoms with Crippen molar-refractivity contribution < 1.29 is 0 Å². The van der Waals surface area contributed by atoms with Crippen LogP contribution in [0.2, 0.25) is 0 Å². The Labute approximate surface area is 142 Å². The van der Waals surface area contributed by atoms with Gasteiger partial charge in [-0.25, -0.2) is 0 Å². The molecular weight excluding hydrogens is 288 g/mol. The fourth-order valence-corrected chi connectivity index (χ4v) is 3.00. The number of hydrogen-bond acceptors (Lipinski definition) is 0. The van der Waals surface area contributed by atoms with Crippen molar-refractivity contribution in [2.45, 2.75) is 0 Å². The fourth-order valence-electron chi connectivity index (χ4n) is 3.00. The Hall–Kier alpha value is -3.12. The van der Waals surface area contributed by atoms with Crippen molar-refractivity contribution >= 4 is 22.9 Å². The van der Waals surface area contributed by atoms with Gasteiger partial charge in [-0.05, 0) is 33.0 Å². The van der Waals surface area contributed by atoms with E-state index in [0.717, 1.165) is 0 Å². The first-order valence-electron chi connectivity index (χ1n) is 8.21. The number of rotatable bonds is 3. The quantitative estimate of drug-likeness (QED) is 0.370. The van der Waals surface area contributed by atoms with Crippen LogP contribution >= 0.6 is 0 Å². The van der Waals surface area contributed by atoms with Gasteiger partial charge < -0.3 is 0 Å². The number of benzene rings is 4. The van der Waals surface area contributed by atoms with Crippen LogP contribution in [0.1, 0.15) is 11.1 Å². The maximum absolute atomic E-state index is 2.19. The average molecular weight is 306 g/mol. The summed E-state index contributed by atoms with van der Waals surface area (Å²) in [4.78, 5) is 0. The Morgan fingerprint density at radius 1 is 0.458 bits per heavy atom. The second-order valence-electron chi connectivity index (χ2n) is 5.89. The van der Waals surface area contributed by atoms with Gasteiger partial charge in [0.15, 0.2) is 0 Å². The first-order chi connectivity index (χ1) is 11.9. The molecule has 4 aromatic carbocycles. The van der Waals surface area contributed by atoms with E-state index >= 15 is 0 Å². The molecule has 0 spiro atoms. The molecule has 0 aliphatic carbocycles. The van der Waals surface area contributed by atoms with Gasteiger partial charge in [-0.3, -0.25) is 0 Å². The zero-order valence-corrected chi connectivity index (χ0v) is 13.4. The molecule has 4 rings (SSSR count). The Kier molecular flexibility index (Phi) is 3.95. The van der Waals surface area contributed by atoms with Gasteiger partial charge in [-0.2, -0.15) is 0 Å². The number of hydrogen-bond donors (Lipinski definition) is 0. The minimum Gasteiger partial charge on any atom is -0.0622 e. The van der Waals surface area contributed by atoms with Crippen LogP contribution in [0, 0.1) is 0 Å². The highest BCUT2D eigenvalue weighted by atomic mass is 14.0. The van der Waals surface area contributed by atoms with Gasteiger partial charge in [0.25, 0.3) is 0 Å². The van der Waals surface area contributed by atoms with Crippen LogP contribution < -0.4 is 0 Å². The second kappa shape index (κ2) is 6.55. The van der Waals surface area contributed by atoms with Gasteiger partial charge in [0.1, 0.15) is 0 Å². The van der Waals surface area contributed by atoms with Crippen molar-refractivity contribution in [3.05, 3.63) is 108 Å². The van der Waals surface area contributed by atoms with Crippen molar-refractivity contribution in [3.63, 3.8) is 0 Å². The lowest BCUT2D eigenvalue weighted by molar-refractivity contribution is 1.60. The summed E-state index contributed by atoms with van der Waals surface area (Å²) in [6.45, 7) is 0. The van der Waals surface area contributed by atoms with Gasteiger partial charge in [0.05, 0.1) is 0 Å². The maximum atomic E-state index is 2.19. The van der Waals surface area contributed by atoms with E-state index in [1.807, 2.05) is 6.07 Å². The fraction of sp³-hybridized carbons (Fsp3) is 0. The molecule has 0 saturated carbocycles. The summed E-state index contributed by atoms with van der Waals surface area (Å²) in [7, 11) is 0. The molecule has 0 heterocycles. The standard InChI is InChI=1S/C24H18/c1-2-7-20(8-3-1)21-16-13-19(14-17-21)15-18-23-11-6-10-22-9-4-5-12-24(22)23/h1-18H. The van der Waals surface area contributed by atoms with Gasteiger partial charge in [-0.1, -0.05) is 109 Å². The third-order valence-electron chi connectivity index (χ3n) is 4.30. The highest BCUT2D eigenvalue weighted by Crippen LogP contribution is 2.22. The predicted molar refractivity (Wildman–Crippen MR) is 105 cm³/mol. The van der Waals surface area contributed by atoms with Crippen molar-refractivity contribution in [2.24, 2.45) is 0 Å². The molecule has 0 amide bonds. The van der Waals surface area contributed by atoms with Crippen LogP contribution in [0.4, 0.5) is 0 Å². The molecule has 0 fully saturated rings. The lowest BCUT2D eigenvalue weighted by atomic mass is 10.0. The molecule has 114 valence electrons. The van der Waals surface area contributed by atoms with Gasteiger partial charge in [0, 0.05) is 0 Å². The second-order valence-corrected chi connectivity index (χ2v) is 5.89. The molecule has 4 aromatic rings. The van der Waals surface area contributed by atoms with E-state index in [1.165, 1.54) is 33.0 Å². The molecule has 0 aliphatic rings. The zero-order valence-electron chi connectivity index (χ0n) is 13.4. The molecule has 0 nitrogen and oxygen atoms in total. The first-order valence-corrected chi connectivity index (χ1v) is 8.21. The van der Waals surface area contributed by atoms with Crippen molar-refractivity contribution in [3.8, 4) is 11.1 Å².